The fraction of sp³-hybridized carbons (Fsp3) is 0.0667. The van der Waals surface area contributed by atoms with E-state index in [0.29, 0.717) is 11.3 Å². The number of fused-ring (bicyclic) bond motifs is 1. The van der Waals surface area contributed by atoms with Gasteiger partial charge in [-0.25, -0.2) is 14.8 Å². The zero-order valence-corrected chi connectivity index (χ0v) is 10.6. The van der Waals surface area contributed by atoms with Crippen LogP contribution in [0.2, 0.25) is 0 Å². The monoisotopic (exact) mass is 268 g/mol. The lowest BCUT2D eigenvalue weighted by Crippen LogP contribution is -2.30. The first kappa shape index (κ1) is 12.7. The number of hydrogen-bond donors (Lipinski definition) is 2. The Kier molecular flexibility index (Phi) is 3.37. The molecule has 100 valence electrons. The van der Waals surface area contributed by atoms with Crippen LogP contribution in [0.25, 0.3) is 11.0 Å². The molecule has 1 aromatic heterocycles. The summed E-state index contributed by atoms with van der Waals surface area (Å²) in [5.41, 5.74) is 5.17. The van der Waals surface area contributed by atoms with Crippen LogP contribution >= 0.6 is 0 Å². The van der Waals surface area contributed by atoms with Crippen LogP contribution in [0.5, 0.6) is 0 Å². The van der Waals surface area contributed by atoms with Crippen LogP contribution in [0.4, 0.5) is 4.39 Å². The van der Waals surface area contributed by atoms with Gasteiger partial charge >= 0.3 is 0 Å². The van der Waals surface area contributed by atoms with E-state index in [1.807, 2.05) is 24.3 Å². The quantitative estimate of drug-likeness (QED) is 0.565. The zero-order valence-electron chi connectivity index (χ0n) is 10.6. The van der Waals surface area contributed by atoms with Gasteiger partial charge in [-0.1, -0.05) is 30.3 Å². The molecule has 5 heteroatoms. The largest absolute Gasteiger partial charge is 0.271 e. The molecule has 20 heavy (non-hydrogen) atoms. The van der Waals surface area contributed by atoms with Gasteiger partial charge in [-0.3, -0.25) is 10.8 Å². The number of nitrogens with two attached hydrogens (primary N) is 1. The van der Waals surface area contributed by atoms with Gasteiger partial charge in [-0.15, -0.1) is 0 Å². The molecular formula is C15H13FN4. The van der Waals surface area contributed by atoms with Gasteiger partial charge in [0, 0.05) is 5.56 Å². The van der Waals surface area contributed by atoms with Crippen molar-refractivity contribution in [1.82, 2.24) is 15.4 Å². The van der Waals surface area contributed by atoms with Crippen molar-refractivity contribution in [2.75, 3.05) is 0 Å². The summed E-state index contributed by atoms with van der Waals surface area (Å²) in [6.45, 7) is 0. The molecule has 0 aliphatic rings. The molecule has 1 unspecified atom stereocenters. The van der Waals surface area contributed by atoms with E-state index in [2.05, 4.69) is 15.4 Å². The Morgan fingerprint density at radius 1 is 1.00 bits per heavy atom. The van der Waals surface area contributed by atoms with Crippen LogP contribution in [0.3, 0.4) is 0 Å². The van der Waals surface area contributed by atoms with Crippen molar-refractivity contribution in [2.45, 2.75) is 6.04 Å². The van der Waals surface area contributed by atoms with E-state index < -0.39 is 6.04 Å². The number of nitrogens with one attached hydrogen (secondary N) is 1. The lowest BCUT2D eigenvalue weighted by molar-refractivity contribution is 0.553. The molecule has 1 heterocycles. The Bertz CT molecular complexity index is 745. The highest BCUT2D eigenvalue weighted by Crippen LogP contribution is 2.23. The number of hydrogen-bond acceptors (Lipinski definition) is 4. The van der Waals surface area contributed by atoms with Crippen molar-refractivity contribution in [3.8, 4) is 0 Å². The first-order valence-corrected chi connectivity index (χ1v) is 6.22. The van der Waals surface area contributed by atoms with Crippen molar-refractivity contribution >= 4 is 11.0 Å². The Balaban J connectivity index is 2.10. The Morgan fingerprint density at radius 2 is 1.70 bits per heavy atom. The fourth-order valence-electron chi connectivity index (χ4n) is 2.15. The molecule has 0 aliphatic carbocycles. The van der Waals surface area contributed by atoms with Gasteiger partial charge in [0.2, 0.25) is 0 Å². The van der Waals surface area contributed by atoms with Gasteiger partial charge in [0.25, 0.3) is 0 Å². The summed E-state index contributed by atoms with van der Waals surface area (Å²) in [7, 11) is 0. The lowest BCUT2D eigenvalue weighted by Gasteiger charge is -2.16. The average Bonchev–Trinajstić information content (AvgIpc) is 2.50. The summed E-state index contributed by atoms with van der Waals surface area (Å²) in [5, 5.41) is 0. The van der Waals surface area contributed by atoms with Crippen molar-refractivity contribution < 1.29 is 4.39 Å². The Hall–Kier alpha value is -2.37. The summed E-state index contributed by atoms with van der Waals surface area (Å²) in [5.74, 6) is 5.24. The first-order valence-electron chi connectivity index (χ1n) is 6.22. The second-order valence-corrected chi connectivity index (χ2v) is 4.40. The minimum absolute atomic E-state index is 0.328. The van der Waals surface area contributed by atoms with E-state index in [9.17, 15) is 4.39 Å². The van der Waals surface area contributed by atoms with Crippen molar-refractivity contribution in [1.29, 1.82) is 0 Å². The smallest absolute Gasteiger partial charge is 0.128 e. The summed E-state index contributed by atoms with van der Waals surface area (Å²) in [4.78, 5) is 8.82. The number of halogens is 1. The minimum atomic E-state index is -0.534. The van der Waals surface area contributed by atoms with Crippen molar-refractivity contribution in [2.24, 2.45) is 5.84 Å². The molecule has 3 N–H and O–H groups in total. The molecule has 4 nitrogen and oxygen atoms in total. The highest BCUT2D eigenvalue weighted by Gasteiger charge is 2.18. The van der Waals surface area contributed by atoms with E-state index in [-0.39, 0.29) is 5.82 Å². The zero-order chi connectivity index (χ0) is 13.9. The fourth-order valence-corrected chi connectivity index (χ4v) is 2.15. The number of para-hydroxylation sites is 2. The number of hydrazine groups is 1. The van der Waals surface area contributed by atoms with Gasteiger partial charge in [-0.2, -0.15) is 0 Å². The highest BCUT2D eigenvalue weighted by atomic mass is 19.1. The van der Waals surface area contributed by atoms with Gasteiger partial charge < -0.3 is 0 Å². The standard InChI is InChI=1S/C15H13FN4/c16-11-6-2-1-5-10(11)15(20-17)14-9-18-12-7-3-4-8-13(12)19-14/h1-9,15,20H,17H2. The van der Waals surface area contributed by atoms with Gasteiger partial charge in [0.1, 0.15) is 5.82 Å². The van der Waals surface area contributed by atoms with Gasteiger partial charge in [-0.05, 0) is 18.2 Å². The van der Waals surface area contributed by atoms with E-state index in [1.165, 1.54) is 6.07 Å². The maximum atomic E-state index is 13.9. The van der Waals surface area contributed by atoms with Crippen LogP contribution in [0, 0.1) is 5.82 Å². The van der Waals surface area contributed by atoms with Crippen molar-refractivity contribution in [3.05, 3.63) is 71.8 Å². The van der Waals surface area contributed by atoms with Gasteiger partial charge in [0.05, 0.1) is 29.0 Å². The maximum absolute atomic E-state index is 13.9. The molecule has 0 radical (unpaired) electrons. The van der Waals surface area contributed by atoms with E-state index >= 15 is 0 Å². The molecule has 1 atom stereocenters. The molecule has 0 saturated heterocycles. The van der Waals surface area contributed by atoms with Crippen molar-refractivity contribution in [3.63, 3.8) is 0 Å². The third-order valence-corrected chi connectivity index (χ3v) is 3.15. The number of benzene rings is 2. The van der Waals surface area contributed by atoms with Crippen LogP contribution in [-0.2, 0) is 0 Å². The molecule has 0 spiro atoms. The predicted molar refractivity (Wildman–Crippen MR) is 75.1 cm³/mol. The second kappa shape index (κ2) is 5.32. The SMILES string of the molecule is NNC(c1cnc2ccccc2n1)c1ccccc1F. The first-order chi connectivity index (χ1) is 9.79. The molecule has 0 aliphatic heterocycles. The Morgan fingerprint density at radius 3 is 2.45 bits per heavy atom. The summed E-state index contributed by atoms with van der Waals surface area (Å²) < 4.78 is 13.9. The molecule has 0 bridgehead atoms. The molecule has 0 fully saturated rings. The molecular weight excluding hydrogens is 255 g/mol. The summed E-state index contributed by atoms with van der Waals surface area (Å²) in [6.07, 6.45) is 1.61. The molecule has 0 saturated carbocycles. The molecule has 0 amide bonds. The molecule has 2 aromatic carbocycles. The predicted octanol–water partition coefficient (Wildman–Crippen LogP) is 2.32. The van der Waals surface area contributed by atoms with Crippen LogP contribution in [0.15, 0.2) is 54.7 Å². The molecule has 3 aromatic rings. The third-order valence-electron chi connectivity index (χ3n) is 3.15. The Labute approximate surface area is 115 Å². The summed E-state index contributed by atoms with van der Waals surface area (Å²) >= 11 is 0. The third kappa shape index (κ3) is 2.24. The maximum Gasteiger partial charge on any atom is 0.128 e. The van der Waals surface area contributed by atoms with E-state index in [4.69, 9.17) is 5.84 Å². The van der Waals surface area contributed by atoms with Crippen LogP contribution < -0.4 is 11.3 Å². The molecule has 3 rings (SSSR count). The highest BCUT2D eigenvalue weighted by molar-refractivity contribution is 5.73. The van der Waals surface area contributed by atoms with Gasteiger partial charge in [0.15, 0.2) is 0 Å². The minimum Gasteiger partial charge on any atom is -0.271 e. The number of aromatic nitrogens is 2. The normalized spacial score (nSPS) is 12.5. The lowest BCUT2D eigenvalue weighted by atomic mass is 10.0. The number of nitrogens with zero attached hydrogens (tertiary/aromatic N) is 2. The van der Waals surface area contributed by atoms with Crippen LogP contribution in [0.1, 0.15) is 17.3 Å². The average molecular weight is 268 g/mol. The van der Waals surface area contributed by atoms with E-state index in [1.54, 1.807) is 24.4 Å². The second-order valence-electron chi connectivity index (χ2n) is 4.40. The topological polar surface area (TPSA) is 63.8 Å². The summed E-state index contributed by atoms with van der Waals surface area (Å²) in [6, 6.07) is 13.5. The number of rotatable bonds is 3. The van der Waals surface area contributed by atoms with Crippen LogP contribution in [-0.4, -0.2) is 9.97 Å². The van der Waals surface area contributed by atoms with E-state index in [0.717, 1.165) is 11.0 Å².